The van der Waals surface area contributed by atoms with Crippen LogP contribution in [0.25, 0.3) is 11.4 Å². The number of carbonyl (C=O) groups is 1. The molecule has 4 aromatic rings. The Morgan fingerprint density at radius 2 is 1.85 bits per heavy atom. The molecule has 0 unspecified atom stereocenters. The number of benzene rings is 2. The van der Waals surface area contributed by atoms with Crippen LogP contribution in [0.5, 0.6) is 0 Å². The lowest BCUT2D eigenvalue weighted by atomic mass is 10.0. The van der Waals surface area contributed by atoms with Gasteiger partial charge in [0.05, 0.1) is 16.3 Å². The zero-order valence-corrected chi connectivity index (χ0v) is 19.1. The molecule has 1 aliphatic heterocycles. The Kier molecular flexibility index (Phi) is 5.65. The number of thiazole rings is 1. The van der Waals surface area contributed by atoms with Crippen LogP contribution >= 0.6 is 11.3 Å². The first kappa shape index (κ1) is 21.3. The number of pyridine rings is 1. The first-order valence-electron chi connectivity index (χ1n) is 10.4. The number of hydrogen-bond donors (Lipinski definition) is 1. The molecule has 0 atom stereocenters. The molecule has 2 aromatic heterocycles. The molecule has 1 amide bonds. The van der Waals surface area contributed by atoms with Crippen molar-refractivity contribution in [1.82, 2.24) is 9.97 Å². The van der Waals surface area contributed by atoms with Gasteiger partial charge in [-0.05, 0) is 54.8 Å². The van der Waals surface area contributed by atoms with E-state index >= 15 is 0 Å². The van der Waals surface area contributed by atoms with Gasteiger partial charge in [-0.15, -0.1) is 11.3 Å². The fraction of sp³-hybridized carbons (Fsp3) is 0.125. The van der Waals surface area contributed by atoms with E-state index in [1.165, 1.54) is 27.8 Å². The largest absolute Gasteiger partial charge is 0.298 e. The summed E-state index contributed by atoms with van der Waals surface area (Å²) in [6, 6.07) is 19.2. The van der Waals surface area contributed by atoms with E-state index in [1.54, 1.807) is 18.3 Å². The van der Waals surface area contributed by atoms with E-state index in [1.807, 2.05) is 47.8 Å². The maximum atomic E-state index is 13.4. The van der Waals surface area contributed by atoms with Crippen LogP contribution in [0.1, 0.15) is 22.3 Å². The highest BCUT2D eigenvalue weighted by atomic mass is 32.2. The molecule has 0 spiro atoms. The molecule has 1 aliphatic rings. The van der Waals surface area contributed by atoms with Gasteiger partial charge in [-0.25, -0.2) is 13.4 Å². The van der Waals surface area contributed by atoms with Gasteiger partial charge < -0.3 is 0 Å². The Hall–Kier alpha value is -3.56. The number of hydrogen-bond acceptors (Lipinski definition) is 6. The summed E-state index contributed by atoms with van der Waals surface area (Å²) in [6.07, 6.45) is 3.28. The lowest BCUT2D eigenvalue weighted by molar-refractivity contribution is 0.102. The van der Waals surface area contributed by atoms with Gasteiger partial charge in [0.15, 0.2) is 5.13 Å². The van der Waals surface area contributed by atoms with Gasteiger partial charge in [-0.2, -0.15) is 0 Å². The predicted octanol–water partition coefficient (Wildman–Crippen LogP) is 4.60. The maximum absolute atomic E-state index is 13.4. The number of aryl methyl sites for hydroxylation is 1. The Labute approximate surface area is 195 Å². The van der Waals surface area contributed by atoms with Crippen LogP contribution < -0.4 is 9.62 Å². The summed E-state index contributed by atoms with van der Waals surface area (Å²) in [5.74, 6) is -0.423. The highest BCUT2D eigenvalue weighted by Crippen LogP contribution is 2.32. The summed E-state index contributed by atoms with van der Waals surface area (Å²) in [6.45, 7) is 0.408. The number of anilines is 2. The number of rotatable bonds is 5. The van der Waals surface area contributed by atoms with E-state index in [4.69, 9.17) is 0 Å². The number of amides is 1. The monoisotopic (exact) mass is 476 g/mol. The van der Waals surface area contributed by atoms with E-state index in [9.17, 15) is 13.2 Å². The highest BCUT2D eigenvalue weighted by Gasteiger charge is 2.29. The van der Waals surface area contributed by atoms with Crippen LogP contribution in [0.3, 0.4) is 0 Å². The quantitative estimate of drug-likeness (QED) is 0.455. The number of nitrogens with zero attached hydrogens (tertiary/aromatic N) is 3. The van der Waals surface area contributed by atoms with Crippen molar-refractivity contribution in [1.29, 1.82) is 0 Å². The van der Waals surface area contributed by atoms with Crippen molar-refractivity contribution >= 4 is 38.1 Å². The van der Waals surface area contributed by atoms with Gasteiger partial charge in [0.1, 0.15) is 5.69 Å². The van der Waals surface area contributed by atoms with E-state index in [0.717, 1.165) is 18.4 Å². The lowest BCUT2D eigenvalue weighted by Crippen LogP contribution is -2.35. The second kappa shape index (κ2) is 8.76. The minimum absolute atomic E-state index is 0.0835. The van der Waals surface area contributed by atoms with Crippen molar-refractivity contribution in [2.75, 3.05) is 16.2 Å². The molecule has 1 N–H and O–H groups in total. The topological polar surface area (TPSA) is 92.3 Å². The van der Waals surface area contributed by atoms with Gasteiger partial charge in [0, 0.05) is 23.7 Å². The molecule has 0 bridgehead atoms. The first-order chi connectivity index (χ1) is 16.0. The van der Waals surface area contributed by atoms with Crippen LogP contribution in [0.2, 0.25) is 0 Å². The third-order valence-corrected chi connectivity index (χ3v) is 7.97. The fourth-order valence-electron chi connectivity index (χ4n) is 3.81. The average molecular weight is 477 g/mol. The molecule has 0 aliphatic carbocycles. The van der Waals surface area contributed by atoms with E-state index in [-0.39, 0.29) is 10.5 Å². The Morgan fingerprint density at radius 3 is 2.70 bits per heavy atom. The molecule has 33 heavy (non-hydrogen) atoms. The second-order valence-electron chi connectivity index (χ2n) is 7.54. The van der Waals surface area contributed by atoms with E-state index in [0.29, 0.717) is 28.8 Å². The number of aromatic nitrogens is 2. The zero-order chi connectivity index (χ0) is 22.8. The van der Waals surface area contributed by atoms with Crippen molar-refractivity contribution in [2.24, 2.45) is 0 Å². The lowest BCUT2D eigenvalue weighted by Gasteiger charge is -2.30. The summed E-state index contributed by atoms with van der Waals surface area (Å²) < 4.78 is 28.3. The van der Waals surface area contributed by atoms with Gasteiger partial charge in [-0.3, -0.25) is 19.4 Å². The molecule has 0 radical (unpaired) electrons. The summed E-state index contributed by atoms with van der Waals surface area (Å²) >= 11 is 1.28. The van der Waals surface area contributed by atoms with Crippen molar-refractivity contribution in [3.05, 3.63) is 89.4 Å². The summed E-state index contributed by atoms with van der Waals surface area (Å²) in [4.78, 5) is 21.6. The SMILES string of the molecule is O=C(Nc1nc(-c2ccccn2)cs1)c1cccc(S(=O)(=O)N2CCCc3ccccc32)c1. The summed E-state index contributed by atoms with van der Waals surface area (Å²) in [5.41, 5.74) is 3.33. The van der Waals surface area contributed by atoms with Gasteiger partial charge in [-0.1, -0.05) is 30.3 Å². The van der Waals surface area contributed by atoms with E-state index in [2.05, 4.69) is 15.3 Å². The second-order valence-corrected chi connectivity index (χ2v) is 10.3. The molecule has 2 aromatic carbocycles. The number of carbonyl (C=O) groups excluding carboxylic acids is 1. The standard InChI is InChI=1S/C24H20N4O3S2/c29-23(27-24-26-21(16-32-24)20-11-3-4-13-25-20)18-8-5-10-19(15-18)33(30,31)28-14-6-9-17-7-1-2-12-22(17)28/h1-5,7-8,10-13,15-16H,6,9,14H2,(H,26,27,29). The van der Waals surface area contributed by atoms with Crippen molar-refractivity contribution in [2.45, 2.75) is 17.7 Å². The number of para-hydroxylation sites is 1. The minimum atomic E-state index is -3.80. The number of fused-ring (bicyclic) bond motifs is 1. The smallest absolute Gasteiger partial charge is 0.264 e. The fourth-order valence-corrected chi connectivity index (χ4v) is 6.09. The molecule has 3 heterocycles. The zero-order valence-electron chi connectivity index (χ0n) is 17.5. The third-order valence-electron chi connectivity index (χ3n) is 5.40. The Morgan fingerprint density at radius 1 is 1.00 bits per heavy atom. The summed E-state index contributed by atoms with van der Waals surface area (Å²) in [5, 5.41) is 4.98. The minimum Gasteiger partial charge on any atom is -0.298 e. The summed E-state index contributed by atoms with van der Waals surface area (Å²) in [7, 11) is -3.80. The van der Waals surface area contributed by atoms with Crippen LogP contribution in [-0.2, 0) is 16.4 Å². The predicted molar refractivity (Wildman–Crippen MR) is 129 cm³/mol. The molecule has 0 fully saturated rings. The normalized spacial score (nSPS) is 13.4. The van der Waals surface area contributed by atoms with Crippen molar-refractivity contribution in [3.63, 3.8) is 0 Å². The van der Waals surface area contributed by atoms with Crippen molar-refractivity contribution in [3.8, 4) is 11.4 Å². The van der Waals surface area contributed by atoms with Crippen LogP contribution in [0, 0.1) is 0 Å². The molecule has 0 saturated carbocycles. The average Bonchev–Trinajstić information content (AvgIpc) is 3.33. The van der Waals surface area contributed by atoms with Crippen LogP contribution in [0.15, 0.2) is 83.2 Å². The van der Waals surface area contributed by atoms with E-state index < -0.39 is 15.9 Å². The molecule has 166 valence electrons. The van der Waals surface area contributed by atoms with Crippen molar-refractivity contribution < 1.29 is 13.2 Å². The molecule has 9 heteroatoms. The highest BCUT2D eigenvalue weighted by molar-refractivity contribution is 7.92. The number of nitrogens with one attached hydrogen (secondary N) is 1. The van der Waals surface area contributed by atoms with Crippen LogP contribution in [0.4, 0.5) is 10.8 Å². The van der Waals surface area contributed by atoms with Gasteiger partial charge in [0.2, 0.25) is 0 Å². The third kappa shape index (κ3) is 4.24. The van der Waals surface area contributed by atoms with Gasteiger partial charge >= 0.3 is 0 Å². The first-order valence-corrected chi connectivity index (χ1v) is 12.7. The molecular formula is C24H20N4O3S2. The molecular weight excluding hydrogens is 456 g/mol. The maximum Gasteiger partial charge on any atom is 0.264 e. The molecule has 0 saturated heterocycles. The Bertz CT molecular complexity index is 1420. The number of sulfonamides is 1. The Balaban J connectivity index is 1.38. The van der Waals surface area contributed by atoms with Gasteiger partial charge in [0.25, 0.3) is 15.9 Å². The molecule has 5 rings (SSSR count). The molecule has 7 nitrogen and oxygen atoms in total. The van der Waals surface area contributed by atoms with Crippen LogP contribution in [-0.4, -0.2) is 30.8 Å².